The van der Waals surface area contributed by atoms with Crippen LogP contribution in [0.5, 0.6) is 0 Å². The smallest absolute Gasteiger partial charge is 0.272 e. The molecule has 0 aliphatic carbocycles. The largest absolute Gasteiger partial charge is 0.369 e. The third-order valence-corrected chi connectivity index (χ3v) is 5.28. The number of carbonyl (C=O) groups excluding carboxylic acids is 2. The maximum Gasteiger partial charge on any atom is 0.272 e. The van der Waals surface area contributed by atoms with Gasteiger partial charge >= 0.3 is 0 Å². The van der Waals surface area contributed by atoms with Gasteiger partial charge in [-0.3, -0.25) is 14.6 Å². The Balaban J connectivity index is 1.67. The zero-order valence-electron chi connectivity index (χ0n) is 14.3. The molecule has 2 N–H and O–H groups in total. The van der Waals surface area contributed by atoms with Gasteiger partial charge in [-0.15, -0.1) is 0 Å². The summed E-state index contributed by atoms with van der Waals surface area (Å²) in [6.07, 6.45) is 5.38. The summed E-state index contributed by atoms with van der Waals surface area (Å²) in [4.78, 5) is 32.4. The van der Waals surface area contributed by atoms with Crippen molar-refractivity contribution < 1.29 is 9.59 Å². The Morgan fingerprint density at radius 1 is 1.21 bits per heavy atom. The number of likely N-dealkylation sites (tertiary alicyclic amines) is 2. The molecule has 3 rings (SSSR count). The van der Waals surface area contributed by atoms with Crippen molar-refractivity contribution >= 4 is 11.8 Å². The van der Waals surface area contributed by atoms with Crippen molar-refractivity contribution in [3.63, 3.8) is 0 Å². The normalized spacial score (nSPS) is 23.2. The van der Waals surface area contributed by atoms with Crippen LogP contribution >= 0.6 is 0 Å². The van der Waals surface area contributed by atoms with Crippen molar-refractivity contribution in [2.75, 3.05) is 33.2 Å². The summed E-state index contributed by atoms with van der Waals surface area (Å²) in [6, 6.07) is 3.98. The first-order valence-corrected chi connectivity index (χ1v) is 8.77. The van der Waals surface area contributed by atoms with E-state index in [1.165, 1.54) is 12.0 Å². The molecule has 0 aromatic carbocycles. The molecule has 1 atom stereocenters. The van der Waals surface area contributed by atoms with Crippen LogP contribution in [0.3, 0.4) is 0 Å². The third kappa shape index (κ3) is 3.75. The zero-order chi connectivity index (χ0) is 17.1. The first-order valence-electron chi connectivity index (χ1n) is 8.77. The number of carbonyl (C=O) groups is 2. The molecule has 3 heterocycles. The van der Waals surface area contributed by atoms with Crippen LogP contribution in [0.15, 0.2) is 18.3 Å². The summed E-state index contributed by atoms with van der Waals surface area (Å²) in [6.45, 7) is 3.32. The maximum absolute atomic E-state index is 12.7. The molecule has 2 amide bonds. The summed E-state index contributed by atoms with van der Waals surface area (Å²) < 4.78 is 0. The number of primary amides is 1. The molecule has 6 nitrogen and oxygen atoms in total. The van der Waals surface area contributed by atoms with Gasteiger partial charge in [0, 0.05) is 31.7 Å². The van der Waals surface area contributed by atoms with E-state index in [9.17, 15) is 9.59 Å². The van der Waals surface area contributed by atoms with E-state index in [4.69, 9.17) is 5.73 Å². The van der Waals surface area contributed by atoms with E-state index in [-0.39, 0.29) is 17.7 Å². The van der Waals surface area contributed by atoms with E-state index in [1.54, 1.807) is 11.1 Å². The molecule has 6 heteroatoms. The molecule has 0 bridgehead atoms. The van der Waals surface area contributed by atoms with Crippen molar-refractivity contribution in [2.45, 2.75) is 31.6 Å². The average molecular weight is 330 g/mol. The molecule has 2 aliphatic rings. The standard InChI is InChI=1S/C18H26N4O2/c1-21-8-2-3-15(12-21)14-4-7-20-16(11-14)18(24)22-9-5-13(6-10-22)17(19)23/h4,7,11,13,15H,2-3,5-6,8-10,12H2,1H3,(H2,19,23)/t15-/m1/s1. The number of amides is 2. The highest BCUT2D eigenvalue weighted by Gasteiger charge is 2.27. The van der Waals surface area contributed by atoms with Crippen LogP contribution < -0.4 is 5.73 Å². The van der Waals surface area contributed by atoms with Gasteiger partial charge in [-0.05, 0) is 62.9 Å². The molecular formula is C18H26N4O2. The van der Waals surface area contributed by atoms with E-state index < -0.39 is 0 Å². The summed E-state index contributed by atoms with van der Waals surface area (Å²) in [5.41, 5.74) is 7.07. The minimum absolute atomic E-state index is 0.0380. The van der Waals surface area contributed by atoms with Crippen LogP contribution in [0.1, 0.15) is 47.7 Å². The Kier molecular flexibility index (Phi) is 5.14. The second kappa shape index (κ2) is 7.30. The number of likely N-dealkylation sites (N-methyl/N-ethyl adjacent to an activating group) is 1. The highest BCUT2D eigenvalue weighted by Crippen LogP contribution is 2.27. The molecule has 0 radical (unpaired) electrons. The predicted octanol–water partition coefficient (Wildman–Crippen LogP) is 1.23. The Labute approximate surface area is 143 Å². The van der Waals surface area contributed by atoms with Crippen molar-refractivity contribution in [3.05, 3.63) is 29.6 Å². The maximum atomic E-state index is 12.7. The van der Waals surface area contributed by atoms with Crippen LogP contribution in [0.25, 0.3) is 0 Å². The molecule has 0 saturated carbocycles. The Morgan fingerprint density at radius 2 is 1.96 bits per heavy atom. The van der Waals surface area contributed by atoms with Crippen LogP contribution in [0.2, 0.25) is 0 Å². The van der Waals surface area contributed by atoms with Crippen LogP contribution in [0.4, 0.5) is 0 Å². The van der Waals surface area contributed by atoms with Gasteiger partial charge in [-0.2, -0.15) is 0 Å². The van der Waals surface area contributed by atoms with Crippen molar-refractivity contribution in [1.82, 2.24) is 14.8 Å². The number of aromatic nitrogens is 1. The highest BCUT2D eigenvalue weighted by molar-refractivity contribution is 5.92. The highest BCUT2D eigenvalue weighted by atomic mass is 16.2. The number of hydrogen-bond donors (Lipinski definition) is 1. The Hall–Kier alpha value is -1.95. The molecule has 130 valence electrons. The summed E-state index contributed by atoms with van der Waals surface area (Å²) in [5, 5.41) is 0. The van der Waals surface area contributed by atoms with E-state index >= 15 is 0 Å². The van der Waals surface area contributed by atoms with Gasteiger partial charge in [0.15, 0.2) is 0 Å². The number of pyridine rings is 1. The van der Waals surface area contributed by atoms with Crippen molar-refractivity contribution in [3.8, 4) is 0 Å². The Morgan fingerprint density at radius 3 is 2.62 bits per heavy atom. The van der Waals surface area contributed by atoms with Gasteiger partial charge in [0.05, 0.1) is 0 Å². The number of nitrogens with two attached hydrogens (primary N) is 1. The molecule has 1 aromatic rings. The van der Waals surface area contributed by atoms with E-state index in [1.807, 2.05) is 12.1 Å². The monoisotopic (exact) mass is 330 g/mol. The van der Waals surface area contributed by atoms with Crippen molar-refractivity contribution in [2.24, 2.45) is 11.7 Å². The molecule has 2 aliphatic heterocycles. The van der Waals surface area contributed by atoms with Gasteiger partial charge in [0.1, 0.15) is 5.69 Å². The molecule has 0 unspecified atom stereocenters. The second-order valence-electron chi connectivity index (χ2n) is 7.04. The third-order valence-electron chi connectivity index (χ3n) is 5.28. The molecule has 24 heavy (non-hydrogen) atoms. The lowest BCUT2D eigenvalue weighted by Gasteiger charge is -2.31. The molecule has 1 aromatic heterocycles. The van der Waals surface area contributed by atoms with Gasteiger partial charge in [-0.25, -0.2) is 0 Å². The summed E-state index contributed by atoms with van der Waals surface area (Å²) >= 11 is 0. The lowest BCUT2D eigenvalue weighted by atomic mass is 9.91. The van der Waals surface area contributed by atoms with Crippen LogP contribution in [-0.2, 0) is 4.79 Å². The van der Waals surface area contributed by atoms with E-state index in [0.29, 0.717) is 37.5 Å². The van der Waals surface area contributed by atoms with Gasteiger partial charge in [0.2, 0.25) is 5.91 Å². The summed E-state index contributed by atoms with van der Waals surface area (Å²) in [5.74, 6) is 0.0672. The minimum Gasteiger partial charge on any atom is -0.369 e. The SMILES string of the molecule is CN1CCC[C@@H](c2ccnc(C(=O)N3CCC(C(N)=O)CC3)c2)C1. The fourth-order valence-electron chi connectivity index (χ4n) is 3.79. The number of nitrogens with zero attached hydrogens (tertiary/aromatic N) is 3. The van der Waals surface area contributed by atoms with Gasteiger partial charge < -0.3 is 15.5 Å². The topological polar surface area (TPSA) is 79.5 Å². The van der Waals surface area contributed by atoms with Crippen molar-refractivity contribution in [1.29, 1.82) is 0 Å². The molecular weight excluding hydrogens is 304 g/mol. The van der Waals surface area contributed by atoms with Gasteiger partial charge in [0.25, 0.3) is 5.91 Å². The van der Waals surface area contributed by atoms with E-state index in [2.05, 4.69) is 16.9 Å². The summed E-state index contributed by atoms with van der Waals surface area (Å²) in [7, 11) is 2.14. The number of piperidine rings is 2. The van der Waals surface area contributed by atoms with Gasteiger partial charge in [-0.1, -0.05) is 0 Å². The zero-order valence-corrected chi connectivity index (χ0v) is 14.3. The lowest BCUT2D eigenvalue weighted by molar-refractivity contribution is -0.123. The first-order chi connectivity index (χ1) is 11.5. The quantitative estimate of drug-likeness (QED) is 0.904. The first kappa shape index (κ1) is 16.9. The predicted molar refractivity (Wildman–Crippen MR) is 91.5 cm³/mol. The molecule has 2 saturated heterocycles. The Bertz CT molecular complexity index is 611. The number of hydrogen-bond acceptors (Lipinski definition) is 4. The fraction of sp³-hybridized carbons (Fsp3) is 0.611. The lowest BCUT2D eigenvalue weighted by Crippen LogP contribution is -2.42. The average Bonchev–Trinajstić information content (AvgIpc) is 2.61. The molecule has 2 fully saturated rings. The van der Waals surface area contributed by atoms with Crippen LogP contribution in [-0.4, -0.2) is 59.8 Å². The number of rotatable bonds is 3. The fourth-order valence-corrected chi connectivity index (χ4v) is 3.79. The second-order valence-corrected chi connectivity index (χ2v) is 7.04. The minimum atomic E-state index is -0.261. The van der Waals surface area contributed by atoms with E-state index in [0.717, 1.165) is 19.5 Å². The molecule has 0 spiro atoms. The van der Waals surface area contributed by atoms with Crippen LogP contribution in [0, 0.1) is 5.92 Å².